The quantitative estimate of drug-likeness (QED) is 0.288. The van der Waals surface area contributed by atoms with Crippen LogP contribution in [0.5, 0.6) is 5.75 Å². The molecule has 0 amide bonds. The number of hydrogen-bond donors (Lipinski definition) is 0. The van der Waals surface area contributed by atoms with E-state index >= 15 is 0 Å². The minimum Gasteiger partial charge on any atom is -0.492 e. The van der Waals surface area contributed by atoms with Crippen LogP contribution in [0, 0.1) is 12.8 Å². The van der Waals surface area contributed by atoms with E-state index in [2.05, 4.69) is 33.0 Å². The summed E-state index contributed by atoms with van der Waals surface area (Å²) in [7, 11) is 1.47. The third kappa shape index (κ3) is 5.72. The van der Waals surface area contributed by atoms with Crippen molar-refractivity contribution in [3.05, 3.63) is 69.5 Å². The normalized spacial score (nSPS) is 15.2. The van der Waals surface area contributed by atoms with Crippen molar-refractivity contribution in [2.45, 2.75) is 59.3 Å². The first-order chi connectivity index (χ1) is 16.5. The molecule has 0 spiro atoms. The van der Waals surface area contributed by atoms with Crippen molar-refractivity contribution in [2.75, 3.05) is 13.7 Å². The number of rotatable bonds is 8. The number of halogens is 1. The Labute approximate surface area is 211 Å². The van der Waals surface area contributed by atoms with Gasteiger partial charge < -0.3 is 13.9 Å². The first-order valence-electron chi connectivity index (χ1n) is 12.1. The molecule has 1 aliphatic carbocycles. The maximum atomic E-state index is 12.2. The van der Waals surface area contributed by atoms with Gasteiger partial charge in [0.25, 0.3) is 0 Å². The zero-order chi connectivity index (χ0) is 24.7. The fraction of sp³-hybridized carbons (Fsp3) is 0.429. The number of methoxy groups -OCH3 is 1. The van der Waals surface area contributed by atoms with Gasteiger partial charge in [-0.3, -0.25) is 4.79 Å². The Morgan fingerprint density at radius 1 is 1.24 bits per heavy atom. The molecule has 2 atom stereocenters. The van der Waals surface area contributed by atoms with Gasteiger partial charge in [0, 0.05) is 12.0 Å². The SMILES string of the molecule is CC.CCC(C(=O)OC)C1CCc2cc(OCCc3nc(-c4ccccc4)oc3C)c(Br)cc21. The van der Waals surface area contributed by atoms with Crippen LogP contribution in [0.15, 0.2) is 51.4 Å². The second-order valence-electron chi connectivity index (χ2n) is 8.15. The Kier molecular flexibility index (Phi) is 9.34. The standard InChI is InChI=1S/C26H28BrNO4.C2H6/c1-4-19(26(29)30-3)20-11-10-18-14-24(22(27)15-21(18)20)31-13-12-23-16(2)32-25(28-23)17-8-6-5-7-9-17;1-2/h5-9,14-15,19-20H,4,10-13H2,1-3H3;1-2H3. The van der Waals surface area contributed by atoms with Gasteiger partial charge >= 0.3 is 5.97 Å². The van der Waals surface area contributed by atoms with Crippen molar-refractivity contribution in [1.29, 1.82) is 0 Å². The predicted octanol–water partition coefficient (Wildman–Crippen LogP) is 7.29. The van der Waals surface area contributed by atoms with E-state index in [1.165, 1.54) is 18.2 Å². The highest BCUT2D eigenvalue weighted by molar-refractivity contribution is 9.10. The van der Waals surface area contributed by atoms with Crippen LogP contribution in [0.2, 0.25) is 0 Å². The topological polar surface area (TPSA) is 61.6 Å². The van der Waals surface area contributed by atoms with Crippen LogP contribution >= 0.6 is 15.9 Å². The largest absolute Gasteiger partial charge is 0.492 e. The lowest BCUT2D eigenvalue weighted by Crippen LogP contribution is -2.21. The van der Waals surface area contributed by atoms with Gasteiger partial charge in [-0.2, -0.15) is 0 Å². The monoisotopic (exact) mass is 527 g/mol. The first-order valence-corrected chi connectivity index (χ1v) is 12.9. The summed E-state index contributed by atoms with van der Waals surface area (Å²) in [4.78, 5) is 16.9. The van der Waals surface area contributed by atoms with E-state index in [1.807, 2.05) is 58.0 Å². The van der Waals surface area contributed by atoms with E-state index in [-0.39, 0.29) is 17.8 Å². The zero-order valence-corrected chi connectivity index (χ0v) is 22.3. The summed E-state index contributed by atoms with van der Waals surface area (Å²) in [6, 6.07) is 14.1. The number of oxazole rings is 1. The minimum atomic E-state index is -0.125. The number of benzene rings is 2. The summed E-state index contributed by atoms with van der Waals surface area (Å²) < 4.78 is 17.9. The molecule has 0 bridgehead atoms. The maximum absolute atomic E-state index is 12.2. The van der Waals surface area contributed by atoms with Crippen molar-refractivity contribution < 1.29 is 18.7 Å². The number of aromatic nitrogens is 1. The van der Waals surface area contributed by atoms with E-state index in [0.29, 0.717) is 18.9 Å². The molecule has 5 nitrogen and oxygen atoms in total. The number of esters is 1. The molecule has 0 fully saturated rings. The molecule has 2 unspecified atom stereocenters. The van der Waals surface area contributed by atoms with Crippen LogP contribution < -0.4 is 4.74 Å². The second kappa shape index (κ2) is 12.2. The Hall–Kier alpha value is -2.60. The van der Waals surface area contributed by atoms with Crippen LogP contribution in [0.1, 0.15) is 62.1 Å². The fourth-order valence-electron chi connectivity index (χ4n) is 4.56. The molecule has 2 aromatic carbocycles. The van der Waals surface area contributed by atoms with Gasteiger partial charge in [0.15, 0.2) is 0 Å². The number of nitrogens with zero attached hydrogens (tertiary/aromatic N) is 1. The van der Waals surface area contributed by atoms with E-state index in [4.69, 9.17) is 13.9 Å². The summed E-state index contributed by atoms with van der Waals surface area (Å²) in [6.07, 6.45) is 3.34. The van der Waals surface area contributed by atoms with Gasteiger partial charge in [-0.05, 0) is 83.4 Å². The minimum absolute atomic E-state index is 0.103. The van der Waals surface area contributed by atoms with Gasteiger partial charge in [0.2, 0.25) is 5.89 Å². The molecule has 0 radical (unpaired) electrons. The highest BCUT2D eigenvalue weighted by Crippen LogP contribution is 2.44. The van der Waals surface area contributed by atoms with Gasteiger partial charge in [0.1, 0.15) is 11.5 Å². The number of ether oxygens (including phenoxy) is 2. The number of carbonyl (C=O) groups excluding carboxylic acids is 1. The van der Waals surface area contributed by atoms with E-state index in [1.54, 1.807) is 0 Å². The molecule has 1 aliphatic rings. The Morgan fingerprint density at radius 2 is 1.97 bits per heavy atom. The third-order valence-corrected chi connectivity index (χ3v) is 6.88. The van der Waals surface area contributed by atoms with Crippen molar-refractivity contribution in [3.63, 3.8) is 0 Å². The molecule has 0 saturated carbocycles. The molecule has 182 valence electrons. The molecule has 1 heterocycles. The Balaban J connectivity index is 0.00000158. The van der Waals surface area contributed by atoms with Gasteiger partial charge in [0.05, 0.1) is 29.8 Å². The Morgan fingerprint density at radius 3 is 2.65 bits per heavy atom. The van der Waals surface area contributed by atoms with E-state index in [9.17, 15) is 4.79 Å². The summed E-state index contributed by atoms with van der Waals surface area (Å²) in [6.45, 7) is 8.48. The summed E-state index contributed by atoms with van der Waals surface area (Å²) >= 11 is 3.66. The predicted molar refractivity (Wildman–Crippen MR) is 138 cm³/mol. The molecule has 34 heavy (non-hydrogen) atoms. The zero-order valence-electron chi connectivity index (χ0n) is 20.7. The molecule has 0 aliphatic heterocycles. The fourth-order valence-corrected chi connectivity index (χ4v) is 5.03. The van der Waals surface area contributed by atoms with Crippen molar-refractivity contribution in [2.24, 2.45) is 5.92 Å². The molecule has 4 rings (SSSR count). The molecule has 1 aromatic heterocycles. The number of fused-ring (bicyclic) bond motifs is 1. The Bertz CT molecular complexity index is 1090. The number of carbonyl (C=O) groups is 1. The second-order valence-corrected chi connectivity index (χ2v) is 9.01. The third-order valence-electron chi connectivity index (χ3n) is 6.26. The van der Waals surface area contributed by atoms with Crippen LogP contribution in [-0.4, -0.2) is 24.7 Å². The van der Waals surface area contributed by atoms with E-state index in [0.717, 1.165) is 46.5 Å². The van der Waals surface area contributed by atoms with Crippen LogP contribution in [0.25, 0.3) is 11.5 Å². The highest BCUT2D eigenvalue weighted by Gasteiger charge is 2.34. The molecule has 3 aromatic rings. The molecular weight excluding hydrogens is 494 g/mol. The lowest BCUT2D eigenvalue weighted by Gasteiger charge is -2.21. The van der Waals surface area contributed by atoms with Crippen LogP contribution in [-0.2, 0) is 22.4 Å². The lowest BCUT2D eigenvalue weighted by atomic mass is 9.85. The molecule has 6 heteroatoms. The van der Waals surface area contributed by atoms with Gasteiger partial charge in [-0.25, -0.2) is 4.98 Å². The average Bonchev–Trinajstić information content (AvgIpc) is 3.44. The average molecular weight is 528 g/mol. The maximum Gasteiger partial charge on any atom is 0.309 e. The first kappa shape index (κ1) is 26.0. The number of aryl methyl sites for hydroxylation is 2. The van der Waals surface area contributed by atoms with Crippen LogP contribution in [0.3, 0.4) is 0 Å². The molecule has 0 N–H and O–H groups in total. The summed E-state index contributed by atoms with van der Waals surface area (Å²) in [5, 5.41) is 0. The van der Waals surface area contributed by atoms with Crippen LogP contribution in [0.4, 0.5) is 0 Å². The van der Waals surface area contributed by atoms with Crippen molar-refractivity contribution >= 4 is 21.9 Å². The van der Waals surface area contributed by atoms with Gasteiger partial charge in [-0.1, -0.05) is 39.0 Å². The molecular formula is C28H34BrNO4. The molecule has 0 saturated heterocycles. The van der Waals surface area contributed by atoms with E-state index < -0.39 is 0 Å². The summed E-state index contributed by atoms with van der Waals surface area (Å²) in [5.41, 5.74) is 4.35. The van der Waals surface area contributed by atoms with Crippen molar-refractivity contribution in [3.8, 4) is 17.2 Å². The number of hydrogen-bond acceptors (Lipinski definition) is 5. The van der Waals surface area contributed by atoms with Gasteiger partial charge in [-0.15, -0.1) is 0 Å². The highest BCUT2D eigenvalue weighted by atomic mass is 79.9. The lowest BCUT2D eigenvalue weighted by molar-refractivity contribution is -0.146. The summed E-state index contributed by atoms with van der Waals surface area (Å²) in [5.74, 6) is 2.24. The van der Waals surface area contributed by atoms with Crippen molar-refractivity contribution in [1.82, 2.24) is 4.98 Å². The smallest absolute Gasteiger partial charge is 0.309 e.